The van der Waals surface area contributed by atoms with Crippen LogP contribution < -0.4 is 5.32 Å². The Morgan fingerprint density at radius 1 is 0.840 bits per heavy atom. The van der Waals surface area contributed by atoms with Crippen LogP contribution >= 0.6 is 0 Å². The van der Waals surface area contributed by atoms with E-state index in [4.69, 9.17) is 0 Å². The van der Waals surface area contributed by atoms with Crippen LogP contribution in [-0.4, -0.2) is 16.7 Å². The second-order valence-corrected chi connectivity index (χ2v) is 5.98. The van der Waals surface area contributed by atoms with Gasteiger partial charge in [0.1, 0.15) is 0 Å². The number of para-hydroxylation sites is 1. The number of ketones is 1. The Morgan fingerprint density at radius 2 is 1.52 bits per heavy atom. The SMILES string of the molecule is Cc1[nH]c2ccccc2c1C(=O)C(=O)Nc1cccc2ccccc12. The van der Waals surface area contributed by atoms with Gasteiger partial charge < -0.3 is 10.3 Å². The van der Waals surface area contributed by atoms with Crippen molar-refractivity contribution >= 4 is 39.1 Å². The number of nitrogens with one attached hydrogen (secondary N) is 2. The predicted octanol–water partition coefficient (Wildman–Crippen LogP) is 4.45. The Balaban J connectivity index is 1.71. The molecule has 0 atom stereocenters. The molecule has 4 rings (SSSR count). The molecule has 1 aromatic heterocycles. The van der Waals surface area contributed by atoms with E-state index in [1.165, 1.54) is 0 Å². The zero-order valence-corrected chi connectivity index (χ0v) is 13.7. The van der Waals surface area contributed by atoms with E-state index in [1.54, 1.807) is 13.0 Å². The van der Waals surface area contributed by atoms with Crippen LogP contribution in [-0.2, 0) is 4.79 Å². The van der Waals surface area contributed by atoms with E-state index >= 15 is 0 Å². The van der Waals surface area contributed by atoms with E-state index in [1.807, 2.05) is 60.7 Å². The van der Waals surface area contributed by atoms with Crippen LogP contribution in [0.15, 0.2) is 66.7 Å². The highest BCUT2D eigenvalue weighted by Gasteiger charge is 2.23. The zero-order chi connectivity index (χ0) is 17.4. The minimum Gasteiger partial charge on any atom is -0.358 e. The van der Waals surface area contributed by atoms with Crippen molar-refractivity contribution in [2.45, 2.75) is 6.92 Å². The Kier molecular flexibility index (Phi) is 3.58. The number of aryl methyl sites for hydroxylation is 1. The average molecular weight is 328 g/mol. The van der Waals surface area contributed by atoms with E-state index in [0.717, 1.165) is 21.7 Å². The summed E-state index contributed by atoms with van der Waals surface area (Å²) >= 11 is 0. The van der Waals surface area contributed by atoms with Crippen molar-refractivity contribution in [1.29, 1.82) is 0 Å². The molecule has 25 heavy (non-hydrogen) atoms. The second kappa shape index (κ2) is 5.91. The van der Waals surface area contributed by atoms with Gasteiger partial charge in [-0.3, -0.25) is 9.59 Å². The molecule has 0 fully saturated rings. The number of carbonyl (C=O) groups is 2. The summed E-state index contributed by atoms with van der Waals surface area (Å²) in [6.07, 6.45) is 0. The Hall–Kier alpha value is -3.40. The lowest BCUT2D eigenvalue weighted by Gasteiger charge is -2.08. The lowest BCUT2D eigenvalue weighted by Crippen LogP contribution is -2.23. The third-order valence-corrected chi connectivity index (χ3v) is 4.36. The van der Waals surface area contributed by atoms with Crippen molar-refractivity contribution in [1.82, 2.24) is 4.98 Å². The summed E-state index contributed by atoms with van der Waals surface area (Å²) in [4.78, 5) is 28.5. The fraction of sp³-hybridized carbons (Fsp3) is 0.0476. The van der Waals surface area contributed by atoms with Gasteiger partial charge >= 0.3 is 0 Å². The van der Waals surface area contributed by atoms with Gasteiger partial charge in [0.2, 0.25) is 0 Å². The molecule has 4 nitrogen and oxygen atoms in total. The van der Waals surface area contributed by atoms with E-state index in [9.17, 15) is 9.59 Å². The molecule has 0 bridgehead atoms. The number of rotatable bonds is 3. The third-order valence-electron chi connectivity index (χ3n) is 4.36. The number of H-pyrrole nitrogens is 1. The van der Waals surface area contributed by atoms with Gasteiger partial charge in [-0.15, -0.1) is 0 Å². The Labute approximate surface area is 144 Å². The molecule has 3 aromatic carbocycles. The van der Waals surface area contributed by atoms with Gasteiger partial charge in [0, 0.05) is 27.7 Å². The van der Waals surface area contributed by atoms with Crippen LogP contribution in [0.5, 0.6) is 0 Å². The minimum absolute atomic E-state index is 0.424. The molecule has 2 N–H and O–H groups in total. The normalized spacial score (nSPS) is 10.9. The summed E-state index contributed by atoms with van der Waals surface area (Å²) in [6.45, 7) is 1.80. The van der Waals surface area contributed by atoms with Crippen LogP contribution in [0.25, 0.3) is 21.7 Å². The first-order valence-electron chi connectivity index (χ1n) is 8.06. The van der Waals surface area contributed by atoms with Crippen molar-refractivity contribution in [2.24, 2.45) is 0 Å². The highest BCUT2D eigenvalue weighted by molar-refractivity contribution is 6.49. The van der Waals surface area contributed by atoms with Gasteiger partial charge in [0.15, 0.2) is 0 Å². The molecule has 1 amide bonds. The van der Waals surface area contributed by atoms with Gasteiger partial charge in [-0.05, 0) is 24.4 Å². The van der Waals surface area contributed by atoms with Gasteiger partial charge in [0.05, 0.1) is 5.56 Å². The summed E-state index contributed by atoms with van der Waals surface area (Å²) in [5.41, 5.74) is 2.60. The molecule has 1 heterocycles. The highest BCUT2D eigenvalue weighted by Crippen LogP contribution is 2.25. The second-order valence-electron chi connectivity index (χ2n) is 5.98. The maximum atomic E-state index is 12.7. The topological polar surface area (TPSA) is 62.0 Å². The largest absolute Gasteiger partial charge is 0.358 e. The maximum absolute atomic E-state index is 12.7. The zero-order valence-electron chi connectivity index (χ0n) is 13.7. The van der Waals surface area contributed by atoms with Crippen molar-refractivity contribution < 1.29 is 9.59 Å². The van der Waals surface area contributed by atoms with Gasteiger partial charge in [-0.2, -0.15) is 0 Å². The maximum Gasteiger partial charge on any atom is 0.296 e. The fourth-order valence-electron chi connectivity index (χ4n) is 3.20. The fourth-order valence-corrected chi connectivity index (χ4v) is 3.20. The molecular formula is C21H16N2O2. The van der Waals surface area contributed by atoms with Gasteiger partial charge in [0.25, 0.3) is 11.7 Å². The number of benzene rings is 3. The first-order chi connectivity index (χ1) is 12.1. The molecule has 0 spiro atoms. The van der Waals surface area contributed by atoms with Crippen LogP contribution in [0.4, 0.5) is 5.69 Å². The van der Waals surface area contributed by atoms with Crippen molar-refractivity contribution in [3.8, 4) is 0 Å². The molecule has 0 radical (unpaired) electrons. The average Bonchev–Trinajstić information content (AvgIpc) is 2.97. The lowest BCUT2D eigenvalue weighted by molar-refractivity contribution is -0.112. The highest BCUT2D eigenvalue weighted by atomic mass is 16.2. The Morgan fingerprint density at radius 3 is 2.36 bits per heavy atom. The van der Waals surface area contributed by atoms with Crippen molar-refractivity contribution in [3.05, 3.63) is 78.0 Å². The van der Waals surface area contributed by atoms with Gasteiger partial charge in [-0.25, -0.2) is 0 Å². The smallest absolute Gasteiger partial charge is 0.296 e. The number of aromatic nitrogens is 1. The quantitative estimate of drug-likeness (QED) is 0.431. The van der Waals surface area contributed by atoms with Crippen LogP contribution in [0, 0.1) is 6.92 Å². The predicted molar refractivity (Wildman–Crippen MR) is 99.9 cm³/mol. The molecule has 0 saturated heterocycles. The molecule has 0 aliphatic heterocycles. The third kappa shape index (κ3) is 2.58. The molecule has 0 aliphatic rings. The molecule has 122 valence electrons. The van der Waals surface area contributed by atoms with Gasteiger partial charge in [-0.1, -0.05) is 54.6 Å². The van der Waals surface area contributed by atoms with Crippen LogP contribution in [0.2, 0.25) is 0 Å². The van der Waals surface area contributed by atoms with Crippen molar-refractivity contribution in [3.63, 3.8) is 0 Å². The van der Waals surface area contributed by atoms with Crippen LogP contribution in [0.1, 0.15) is 16.1 Å². The number of anilines is 1. The lowest BCUT2D eigenvalue weighted by atomic mass is 10.1. The molecule has 4 heteroatoms. The molecule has 0 aliphatic carbocycles. The molecular weight excluding hydrogens is 312 g/mol. The van der Waals surface area contributed by atoms with E-state index in [0.29, 0.717) is 16.9 Å². The number of amides is 1. The number of Topliss-reactive ketones (excluding diaryl/α,β-unsaturated/α-hetero) is 1. The Bertz CT molecular complexity index is 1120. The van der Waals surface area contributed by atoms with E-state index in [2.05, 4.69) is 10.3 Å². The van der Waals surface area contributed by atoms with Crippen molar-refractivity contribution in [2.75, 3.05) is 5.32 Å². The van der Waals surface area contributed by atoms with E-state index < -0.39 is 11.7 Å². The number of hydrogen-bond donors (Lipinski definition) is 2. The summed E-state index contributed by atoms with van der Waals surface area (Å²) in [6, 6.07) is 20.9. The summed E-state index contributed by atoms with van der Waals surface area (Å²) < 4.78 is 0. The molecule has 0 unspecified atom stereocenters. The molecule has 0 saturated carbocycles. The standard InChI is InChI=1S/C21H16N2O2/c1-13-19(16-10-4-5-11-18(16)22-13)20(24)21(25)23-17-12-6-8-14-7-2-3-9-15(14)17/h2-12,22H,1H3,(H,23,25). The first kappa shape index (κ1) is 15.1. The summed E-state index contributed by atoms with van der Waals surface area (Å²) in [7, 11) is 0. The number of hydrogen-bond acceptors (Lipinski definition) is 2. The number of fused-ring (bicyclic) bond motifs is 2. The molecule has 4 aromatic rings. The van der Waals surface area contributed by atoms with E-state index in [-0.39, 0.29) is 0 Å². The number of aromatic amines is 1. The van der Waals surface area contributed by atoms with Crippen LogP contribution in [0.3, 0.4) is 0 Å². The minimum atomic E-state index is -0.635. The first-order valence-corrected chi connectivity index (χ1v) is 8.06. The summed E-state index contributed by atoms with van der Waals surface area (Å²) in [5.74, 6) is -1.17. The number of carbonyl (C=O) groups excluding carboxylic acids is 2. The monoisotopic (exact) mass is 328 g/mol. The summed E-state index contributed by atoms with van der Waals surface area (Å²) in [5, 5.41) is 5.44.